The molecule has 3 rings (SSSR count). The number of aryl methyl sites for hydroxylation is 1. The monoisotopic (exact) mass is 270 g/mol. The number of nitrogens with one attached hydrogen (secondary N) is 1. The van der Waals surface area contributed by atoms with Gasteiger partial charge in [-0.15, -0.1) is 11.3 Å². The molecule has 2 heterocycles. The predicted octanol–water partition coefficient (Wildman–Crippen LogP) is 3.16. The molecule has 0 spiro atoms. The Hall–Kier alpha value is -2.14. The second-order valence-electron chi connectivity index (χ2n) is 4.23. The van der Waals surface area contributed by atoms with Crippen LogP contribution in [-0.4, -0.2) is 14.8 Å². The minimum absolute atomic E-state index is 0.752. The van der Waals surface area contributed by atoms with E-state index in [0.717, 1.165) is 22.9 Å². The zero-order chi connectivity index (χ0) is 13.1. The van der Waals surface area contributed by atoms with E-state index in [9.17, 15) is 0 Å². The molecule has 0 radical (unpaired) electrons. The molecular formula is C14H14N4S. The molecule has 96 valence electrons. The minimum Gasteiger partial charge on any atom is -0.364 e. The molecular weight excluding hydrogens is 256 g/mol. The fourth-order valence-corrected chi connectivity index (χ4v) is 2.65. The average Bonchev–Trinajstić information content (AvgIpc) is 3.06. The van der Waals surface area contributed by atoms with Gasteiger partial charge in [0, 0.05) is 35.9 Å². The summed E-state index contributed by atoms with van der Waals surface area (Å²) in [7, 11) is 1.91. The maximum atomic E-state index is 4.46. The first-order valence-electron chi connectivity index (χ1n) is 6.05. The average molecular weight is 270 g/mol. The molecule has 4 nitrogen and oxygen atoms in total. The van der Waals surface area contributed by atoms with Crippen LogP contribution in [0, 0.1) is 0 Å². The lowest BCUT2D eigenvalue weighted by molar-refractivity contribution is 0.768. The highest BCUT2D eigenvalue weighted by Gasteiger charge is 2.04. The van der Waals surface area contributed by atoms with Crippen molar-refractivity contribution in [2.75, 3.05) is 5.32 Å². The zero-order valence-electron chi connectivity index (χ0n) is 10.6. The van der Waals surface area contributed by atoms with Crippen molar-refractivity contribution in [3.8, 4) is 10.6 Å². The maximum absolute atomic E-state index is 4.46. The lowest BCUT2D eigenvalue weighted by Crippen LogP contribution is -1.98. The highest BCUT2D eigenvalue weighted by molar-refractivity contribution is 7.15. The molecule has 5 heteroatoms. The van der Waals surface area contributed by atoms with Crippen molar-refractivity contribution in [2.45, 2.75) is 6.54 Å². The lowest BCUT2D eigenvalue weighted by atomic mass is 10.2. The molecule has 19 heavy (non-hydrogen) atoms. The Morgan fingerprint density at radius 1 is 1.21 bits per heavy atom. The molecule has 0 fully saturated rings. The van der Waals surface area contributed by atoms with Gasteiger partial charge in [0.15, 0.2) is 0 Å². The van der Waals surface area contributed by atoms with Gasteiger partial charge in [0.05, 0.1) is 6.54 Å². The van der Waals surface area contributed by atoms with Gasteiger partial charge in [0.25, 0.3) is 0 Å². The van der Waals surface area contributed by atoms with E-state index < -0.39 is 0 Å². The van der Waals surface area contributed by atoms with Crippen molar-refractivity contribution in [2.24, 2.45) is 7.05 Å². The summed E-state index contributed by atoms with van der Waals surface area (Å²) in [4.78, 5) is 5.66. The molecule has 0 atom stereocenters. The highest BCUT2D eigenvalue weighted by atomic mass is 32.1. The molecule has 0 unspecified atom stereocenters. The van der Waals surface area contributed by atoms with Crippen molar-refractivity contribution < 1.29 is 0 Å². The Balaban J connectivity index is 1.68. The fraction of sp³-hybridized carbons (Fsp3) is 0.143. The second-order valence-corrected chi connectivity index (χ2v) is 5.34. The van der Waals surface area contributed by atoms with Crippen LogP contribution in [0.5, 0.6) is 0 Å². The van der Waals surface area contributed by atoms with Crippen LogP contribution >= 0.6 is 11.3 Å². The van der Waals surface area contributed by atoms with E-state index in [4.69, 9.17) is 0 Å². The van der Waals surface area contributed by atoms with Gasteiger partial charge in [-0.3, -0.25) is 4.68 Å². The Kier molecular flexibility index (Phi) is 3.29. The first kappa shape index (κ1) is 11.9. The largest absolute Gasteiger partial charge is 0.364 e. The van der Waals surface area contributed by atoms with Gasteiger partial charge >= 0.3 is 0 Å². The normalized spacial score (nSPS) is 10.6. The zero-order valence-corrected chi connectivity index (χ0v) is 11.4. The van der Waals surface area contributed by atoms with Crippen LogP contribution in [-0.2, 0) is 13.6 Å². The van der Waals surface area contributed by atoms with Crippen molar-refractivity contribution in [1.29, 1.82) is 0 Å². The van der Waals surface area contributed by atoms with Gasteiger partial charge in [-0.2, -0.15) is 5.10 Å². The van der Waals surface area contributed by atoms with Crippen LogP contribution in [0.25, 0.3) is 10.6 Å². The standard InChI is InChI=1S/C14H14N4S/c1-18-8-7-13(17-18)15-9-12-10-16-14(19-12)11-5-3-2-4-6-11/h2-8,10H,9H2,1H3,(H,15,17). The molecule has 0 aliphatic carbocycles. The summed E-state index contributed by atoms with van der Waals surface area (Å²) >= 11 is 1.70. The van der Waals surface area contributed by atoms with E-state index >= 15 is 0 Å². The van der Waals surface area contributed by atoms with Crippen LogP contribution in [0.3, 0.4) is 0 Å². The molecule has 0 saturated carbocycles. The van der Waals surface area contributed by atoms with E-state index in [2.05, 4.69) is 27.5 Å². The number of hydrogen-bond acceptors (Lipinski definition) is 4. The summed E-state index contributed by atoms with van der Waals surface area (Å²) in [6.07, 6.45) is 3.84. The number of nitrogens with zero attached hydrogens (tertiary/aromatic N) is 3. The van der Waals surface area contributed by atoms with Gasteiger partial charge in [-0.05, 0) is 0 Å². The second kappa shape index (κ2) is 5.24. The van der Waals surface area contributed by atoms with E-state index in [-0.39, 0.29) is 0 Å². The summed E-state index contributed by atoms with van der Waals surface area (Å²) < 4.78 is 1.78. The third kappa shape index (κ3) is 2.82. The van der Waals surface area contributed by atoms with Gasteiger partial charge < -0.3 is 5.32 Å². The number of thiazole rings is 1. The minimum atomic E-state index is 0.752. The molecule has 0 aliphatic heterocycles. The van der Waals surface area contributed by atoms with Crippen LogP contribution in [0.15, 0.2) is 48.8 Å². The Labute approximate surface area is 115 Å². The third-order valence-electron chi connectivity index (χ3n) is 2.73. The van der Waals surface area contributed by atoms with Crippen molar-refractivity contribution >= 4 is 17.2 Å². The summed E-state index contributed by atoms with van der Waals surface area (Å²) in [6, 6.07) is 12.2. The van der Waals surface area contributed by atoms with E-state index in [1.165, 1.54) is 4.88 Å². The van der Waals surface area contributed by atoms with Crippen LogP contribution in [0.4, 0.5) is 5.82 Å². The van der Waals surface area contributed by atoms with Crippen LogP contribution in [0.2, 0.25) is 0 Å². The van der Waals surface area contributed by atoms with Crippen molar-refractivity contribution in [3.63, 3.8) is 0 Å². The van der Waals surface area contributed by atoms with Gasteiger partial charge in [0.1, 0.15) is 10.8 Å². The predicted molar refractivity (Wildman–Crippen MR) is 78.1 cm³/mol. The topological polar surface area (TPSA) is 42.7 Å². The van der Waals surface area contributed by atoms with E-state index in [1.807, 2.05) is 43.7 Å². The Morgan fingerprint density at radius 3 is 2.79 bits per heavy atom. The number of aromatic nitrogens is 3. The molecule has 1 N–H and O–H groups in total. The number of hydrogen-bond donors (Lipinski definition) is 1. The SMILES string of the molecule is Cn1ccc(NCc2cnc(-c3ccccc3)s2)n1. The third-order valence-corrected chi connectivity index (χ3v) is 3.78. The highest BCUT2D eigenvalue weighted by Crippen LogP contribution is 2.25. The number of anilines is 1. The van der Waals surface area contributed by atoms with Crippen molar-refractivity contribution in [1.82, 2.24) is 14.8 Å². The lowest BCUT2D eigenvalue weighted by Gasteiger charge is -1.98. The van der Waals surface area contributed by atoms with Crippen LogP contribution < -0.4 is 5.32 Å². The summed E-state index contributed by atoms with van der Waals surface area (Å²) in [5, 5.41) is 8.62. The molecule has 0 amide bonds. The van der Waals surface area contributed by atoms with Crippen molar-refractivity contribution in [3.05, 3.63) is 53.7 Å². The van der Waals surface area contributed by atoms with Gasteiger partial charge in [0.2, 0.25) is 0 Å². The molecule has 3 aromatic rings. The van der Waals surface area contributed by atoms with Gasteiger partial charge in [-0.25, -0.2) is 4.98 Å². The fourth-order valence-electron chi connectivity index (χ4n) is 1.79. The van der Waals surface area contributed by atoms with E-state index in [0.29, 0.717) is 0 Å². The first-order valence-corrected chi connectivity index (χ1v) is 6.86. The molecule has 0 bridgehead atoms. The maximum Gasteiger partial charge on any atom is 0.148 e. The summed E-state index contributed by atoms with van der Waals surface area (Å²) in [6.45, 7) is 0.752. The van der Waals surface area contributed by atoms with E-state index in [1.54, 1.807) is 16.0 Å². The molecule has 0 saturated heterocycles. The Bertz CT molecular complexity index is 657. The summed E-state index contributed by atoms with van der Waals surface area (Å²) in [5.74, 6) is 0.886. The van der Waals surface area contributed by atoms with Crippen LogP contribution in [0.1, 0.15) is 4.88 Å². The quantitative estimate of drug-likeness (QED) is 0.792. The smallest absolute Gasteiger partial charge is 0.148 e. The number of rotatable bonds is 4. The molecule has 0 aliphatic rings. The summed E-state index contributed by atoms with van der Waals surface area (Å²) in [5.41, 5.74) is 1.16. The van der Waals surface area contributed by atoms with Gasteiger partial charge in [-0.1, -0.05) is 30.3 Å². The molecule has 1 aromatic carbocycles. The molecule has 2 aromatic heterocycles. The number of benzene rings is 1. The Morgan fingerprint density at radius 2 is 2.05 bits per heavy atom. The first-order chi connectivity index (χ1) is 9.31.